The molecule has 1 aliphatic heterocycles. The molecule has 0 unspecified atom stereocenters. The molecule has 0 saturated heterocycles. The maximum atomic E-state index is 13.5. The summed E-state index contributed by atoms with van der Waals surface area (Å²) in [6.45, 7) is 0.0345. The van der Waals surface area contributed by atoms with Crippen molar-refractivity contribution in [1.82, 2.24) is 4.90 Å². The van der Waals surface area contributed by atoms with Gasteiger partial charge in [0.15, 0.2) is 0 Å². The van der Waals surface area contributed by atoms with Gasteiger partial charge >= 0.3 is 0 Å². The van der Waals surface area contributed by atoms with Crippen LogP contribution in [-0.2, 0) is 16.1 Å². The van der Waals surface area contributed by atoms with Gasteiger partial charge in [0.1, 0.15) is 11.5 Å². The van der Waals surface area contributed by atoms with Crippen LogP contribution in [0.15, 0.2) is 78.5 Å². The summed E-state index contributed by atoms with van der Waals surface area (Å²) in [5.74, 6) is -1.35. The maximum Gasteiger partial charge on any atom is 0.278 e. The van der Waals surface area contributed by atoms with Gasteiger partial charge in [-0.3, -0.25) is 14.5 Å². The molecule has 0 aromatic heterocycles. The summed E-state index contributed by atoms with van der Waals surface area (Å²) in [6.07, 6.45) is 0. The van der Waals surface area contributed by atoms with Crippen LogP contribution in [0.3, 0.4) is 0 Å². The molecule has 0 fully saturated rings. The molecule has 0 aliphatic carbocycles. The van der Waals surface area contributed by atoms with Crippen molar-refractivity contribution >= 4 is 40.4 Å². The lowest BCUT2D eigenvalue weighted by Gasteiger charge is -2.16. The van der Waals surface area contributed by atoms with Crippen LogP contribution in [0, 0.1) is 5.82 Å². The third-order valence-corrected chi connectivity index (χ3v) is 5.61. The third kappa shape index (κ3) is 4.22. The standard InChI is InChI=1S/C25H21ClFN3O2/c1-29(2)20-13-11-19(12-14-20)28-23-22(16-7-9-18(27)10-8-16)24(31)30(25(23)32)15-17-5-3-4-6-21(17)26/h3-14,28H,15H2,1-2H3. The van der Waals surface area contributed by atoms with Gasteiger partial charge in [0.2, 0.25) is 0 Å². The van der Waals surface area contributed by atoms with Crippen molar-refractivity contribution in [1.29, 1.82) is 0 Å². The minimum absolute atomic E-state index is 0.0345. The molecule has 32 heavy (non-hydrogen) atoms. The Bertz CT molecular complexity index is 1200. The third-order valence-electron chi connectivity index (χ3n) is 5.24. The molecule has 7 heteroatoms. The second-order valence-corrected chi connectivity index (χ2v) is 8.02. The number of anilines is 2. The molecule has 2 amide bonds. The van der Waals surface area contributed by atoms with Crippen molar-refractivity contribution in [2.75, 3.05) is 24.3 Å². The van der Waals surface area contributed by atoms with Crippen LogP contribution in [0.25, 0.3) is 5.57 Å². The lowest BCUT2D eigenvalue weighted by Crippen LogP contribution is -2.32. The van der Waals surface area contributed by atoms with Gasteiger partial charge in [-0.05, 0) is 53.6 Å². The average molecular weight is 450 g/mol. The van der Waals surface area contributed by atoms with Crippen molar-refractivity contribution in [3.8, 4) is 0 Å². The van der Waals surface area contributed by atoms with E-state index in [2.05, 4.69) is 5.32 Å². The second kappa shape index (κ2) is 8.85. The van der Waals surface area contributed by atoms with Gasteiger partial charge in [0, 0.05) is 30.5 Å². The number of nitrogens with zero attached hydrogens (tertiary/aromatic N) is 2. The first kappa shape index (κ1) is 21.6. The maximum absolute atomic E-state index is 13.5. The van der Waals surface area contributed by atoms with E-state index in [1.165, 1.54) is 24.3 Å². The highest BCUT2D eigenvalue weighted by Crippen LogP contribution is 2.32. The van der Waals surface area contributed by atoms with Crippen molar-refractivity contribution in [3.63, 3.8) is 0 Å². The topological polar surface area (TPSA) is 52.7 Å². The Kier molecular flexibility index (Phi) is 5.97. The molecule has 1 N–H and O–H groups in total. The summed E-state index contributed by atoms with van der Waals surface area (Å²) in [5, 5.41) is 3.57. The van der Waals surface area contributed by atoms with Crippen molar-refractivity contribution in [2.45, 2.75) is 6.54 Å². The Balaban J connectivity index is 1.72. The number of hydrogen-bond acceptors (Lipinski definition) is 4. The zero-order valence-corrected chi connectivity index (χ0v) is 18.4. The predicted octanol–water partition coefficient (Wildman–Crippen LogP) is 4.94. The number of hydrogen-bond donors (Lipinski definition) is 1. The molecule has 0 bridgehead atoms. The number of halogens is 2. The largest absolute Gasteiger partial charge is 0.378 e. The van der Waals surface area contributed by atoms with E-state index in [0.717, 1.165) is 10.6 Å². The van der Waals surface area contributed by atoms with Crippen LogP contribution >= 0.6 is 11.6 Å². The van der Waals surface area contributed by atoms with Gasteiger partial charge in [-0.25, -0.2) is 4.39 Å². The summed E-state index contributed by atoms with van der Waals surface area (Å²) < 4.78 is 13.5. The van der Waals surface area contributed by atoms with Crippen LogP contribution in [0.2, 0.25) is 5.02 Å². The summed E-state index contributed by atoms with van der Waals surface area (Å²) >= 11 is 6.25. The molecule has 0 atom stereocenters. The summed E-state index contributed by atoms with van der Waals surface area (Å²) in [7, 11) is 3.87. The minimum Gasteiger partial charge on any atom is -0.378 e. The lowest BCUT2D eigenvalue weighted by molar-refractivity contribution is -0.137. The van der Waals surface area contributed by atoms with Gasteiger partial charge in [0.05, 0.1) is 12.1 Å². The first-order valence-electron chi connectivity index (χ1n) is 9.99. The van der Waals surface area contributed by atoms with Crippen LogP contribution in [-0.4, -0.2) is 30.8 Å². The molecule has 3 aromatic carbocycles. The molecular weight excluding hydrogens is 429 g/mol. The Morgan fingerprint density at radius 3 is 2.19 bits per heavy atom. The molecular formula is C25H21ClFN3O2. The second-order valence-electron chi connectivity index (χ2n) is 7.61. The number of nitrogens with one attached hydrogen (secondary N) is 1. The van der Waals surface area contributed by atoms with E-state index in [1.807, 2.05) is 43.3 Å². The summed E-state index contributed by atoms with van der Waals surface area (Å²) in [5.41, 5.74) is 3.11. The molecule has 162 valence electrons. The minimum atomic E-state index is -0.467. The highest BCUT2D eigenvalue weighted by atomic mass is 35.5. The number of carbonyl (C=O) groups excluding carboxylic acids is 2. The van der Waals surface area contributed by atoms with Crippen molar-refractivity contribution in [2.24, 2.45) is 0 Å². The number of imide groups is 1. The number of benzene rings is 3. The molecule has 0 saturated carbocycles. The van der Waals surface area contributed by atoms with E-state index in [0.29, 0.717) is 21.8 Å². The van der Waals surface area contributed by atoms with E-state index >= 15 is 0 Å². The fourth-order valence-corrected chi connectivity index (χ4v) is 3.70. The fraction of sp³-hybridized carbons (Fsp3) is 0.120. The molecule has 4 rings (SSSR count). The molecule has 5 nitrogen and oxygen atoms in total. The van der Waals surface area contributed by atoms with Crippen LogP contribution in [0.1, 0.15) is 11.1 Å². The van der Waals surface area contributed by atoms with Crippen molar-refractivity contribution < 1.29 is 14.0 Å². The average Bonchev–Trinajstić information content (AvgIpc) is 3.00. The Labute approximate surface area is 190 Å². The van der Waals surface area contributed by atoms with Gasteiger partial charge in [-0.15, -0.1) is 0 Å². The van der Waals surface area contributed by atoms with E-state index in [1.54, 1.807) is 24.3 Å². The van der Waals surface area contributed by atoms with Gasteiger partial charge in [-0.2, -0.15) is 0 Å². The first-order chi connectivity index (χ1) is 15.3. The molecule has 1 aliphatic rings. The fourth-order valence-electron chi connectivity index (χ4n) is 3.50. The Hall–Kier alpha value is -3.64. The normalized spacial score (nSPS) is 13.7. The number of amides is 2. The SMILES string of the molecule is CN(C)c1ccc(NC2=C(c3ccc(F)cc3)C(=O)N(Cc3ccccc3Cl)C2=O)cc1. The van der Waals surface area contributed by atoms with Gasteiger partial charge < -0.3 is 10.2 Å². The number of rotatable bonds is 6. The van der Waals surface area contributed by atoms with Gasteiger partial charge in [0.25, 0.3) is 11.8 Å². The Morgan fingerprint density at radius 1 is 0.906 bits per heavy atom. The number of carbonyl (C=O) groups is 2. The monoisotopic (exact) mass is 449 g/mol. The van der Waals surface area contributed by atoms with Crippen LogP contribution in [0.5, 0.6) is 0 Å². The van der Waals surface area contributed by atoms with Gasteiger partial charge in [-0.1, -0.05) is 41.9 Å². The molecule has 0 spiro atoms. The lowest BCUT2D eigenvalue weighted by atomic mass is 10.0. The summed E-state index contributed by atoms with van der Waals surface area (Å²) in [6, 6.07) is 20.0. The van der Waals surface area contributed by atoms with Crippen LogP contribution < -0.4 is 10.2 Å². The zero-order valence-electron chi connectivity index (χ0n) is 17.6. The highest BCUT2D eigenvalue weighted by Gasteiger charge is 2.39. The molecule has 3 aromatic rings. The highest BCUT2D eigenvalue weighted by molar-refractivity contribution is 6.36. The van der Waals surface area contributed by atoms with E-state index in [9.17, 15) is 14.0 Å². The first-order valence-corrected chi connectivity index (χ1v) is 10.4. The zero-order chi connectivity index (χ0) is 22.8. The Morgan fingerprint density at radius 2 is 1.56 bits per heavy atom. The smallest absolute Gasteiger partial charge is 0.278 e. The van der Waals surface area contributed by atoms with E-state index in [4.69, 9.17) is 11.6 Å². The molecule has 1 heterocycles. The quantitative estimate of drug-likeness (QED) is 0.542. The summed E-state index contributed by atoms with van der Waals surface area (Å²) in [4.78, 5) is 29.8. The van der Waals surface area contributed by atoms with Crippen LogP contribution in [0.4, 0.5) is 15.8 Å². The van der Waals surface area contributed by atoms with Crippen molar-refractivity contribution in [3.05, 3.63) is 100 Å². The molecule has 0 radical (unpaired) electrons. The predicted molar refractivity (Wildman–Crippen MR) is 125 cm³/mol. The van der Waals surface area contributed by atoms with E-state index < -0.39 is 17.6 Å². The van der Waals surface area contributed by atoms with E-state index in [-0.39, 0.29) is 17.8 Å².